The highest BCUT2D eigenvalue weighted by Crippen LogP contribution is 2.31. The number of esters is 1. The number of benzene rings is 2. The summed E-state index contributed by atoms with van der Waals surface area (Å²) < 4.78 is 25.0. The first-order valence-electron chi connectivity index (χ1n) is 9.94. The summed E-state index contributed by atoms with van der Waals surface area (Å²) >= 11 is 0. The first-order chi connectivity index (χ1) is 15.7. The molecule has 0 aliphatic carbocycles. The average Bonchev–Trinajstić information content (AvgIpc) is 2.82. The molecule has 10 heteroatoms. The molecule has 0 aliphatic heterocycles. The number of hydrogen-bond donors (Lipinski definition) is 3. The summed E-state index contributed by atoms with van der Waals surface area (Å²) in [7, 11) is 7.50. The second kappa shape index (κ2) is 13.8. The molecule has 0 bridgehead atoms. The zero-order valence-electron chi connectivity index (χ0n) is 19.5. The maximum Gasteiger partial charge on any atom is 0.307 e. The molecule has 0 aliphatic rings. The largest absolute Gasteiger partial charge is 0.493 e. The van der Waals surface area contributed by atoms with Gasteiger partial charge in [0.05, 0.1) is 48.4 Å². The van der Waals surface area contributed by atoms with E-state index in [2.05, 4.69) is 4.74 Å². The van der Waals surface area contributed by atoms with Gasteiger partial charge in [-0.3, -0.25) is 9.59 Å². The molecular formula is C23H32N2O8. The number of carboxylic acids is 1. The van der Waals surface area contributed by atoms with E-state index in [9.17, 15) is 9.59 Å². The standard InChI is InChI=1S/C12H17NO4.C11H15NO4/c1-15-10-5-4-8(6-11(10)16-2)9(13)7-12(14)17-3;1-15-9-4-3-7(5-10(9)16-2)8(12)6-11(13)14/h4-6,9H,7,13H2,1-3H3;3-5,8H,6,12H2,1-2H3,(H,13,14)/t9-;8-/m00/s1. The molecule has 5 N–H and O–H groups in total. The van der Waals surface area contributed by atoms with Crippen LogP contribution in [0, 0.1) is 0 Å². The minimum Gasteiger partial charge on any atom is -0.493 e. The van der Waals surface area contributed by atoms with Crippen LogP contribution >= 0.6 is 0 Å². The SMILES string of the molecule is COC(=O)C[C@H](N)c1ccc(OC)c(OC)c1.COc1ccc([C@@H](N)CC(=O)O)cc1OC. The van der Waals surface area contributed by atoms with Crippen LogP contribution in [0.2, 0.25) is 0 Å². The number of carbonyl (C=O) groups excluding carboxylic acids is 1. The molecule has 182 valence electrons. The van der Waals surface area contributed by atoms with Gasteiger partial charge in [0, 0.05) is 12.1 Å². The molecule has 0 aromatic heterocycles. The second-order valence-corrected chi connectivity index (χ2v) is 6.82. The summed E-state index contributed by atoms with van der Waals surface area (Å²) in [5, 5.41) is 8.64. The molecule has 0 saturated carbocycles. The Bertz CT molecular complexity index is 919. The molecule has 0 unspecified atom stereocenters. The fourth-order valence-electron chi connectivity index (χ4n) is 2.85. The minimum absolute atomic E-state index is 0.116. The third kappa shape index (κ3) is 8.51. The van der Waals surface area contributed by atoms with Crippen LogP contribution in [0.1, 0.15) is 36.1 Å². The molecule has 0 saturated heterocycles. The molecule has 2 aromatic carbocycles. The maximum atomic E-state index is 11.1. The lowest BCUT2D eigenvalue weighted by molar-refractivity contribution is -0.141. The van der Waals surface area contributed by atoms with Crippen LogP contribution in [0.25, 0.3) is 0 Å². The topological polar surface area (TPSA) is 153 Å². The predicted molar refractivity (Wildman–Crippen MR) is 122 cm³/mol. The van der Waals surface area contributed by atoms with Crippen LogP contribution in [0.3, 0.4) is 0 Å². The van der Waals surface area contributed by atoms with E-state index in [0.717, 1.165) is 5.56 Å². The zero-order chi connectivity index (χ0) is 25.0. The number of ether oxygens (including phenoxy) is 5. The number of hydrogen-bond acceptors (Lipinski definition) is 9. The van der Waals surface area contributed by atoms with Gasteiger partial charge in [-0.1, -0.05) is 12.1 Å². The van der Waals surface area contributed by atoms with Crippen LogP contribution in [0.15, 0.2) is 36.4 Å². The van der Waals surface area contributed by atoms with Gasteiger partial charge in [0.15, 0.2) is 23.0 Å². The van der Waals surface area contributed by atoms with Gasteiger partial charge in [-0.25, -0.2) is 0 Å². The Hall–Kier alpha value is -3.50. The highest BCUT2D eigenvalue weighted by Gasteiger charge is 2.15. The maximum absolute atomic E-state index is 11.1. The third-order valence-electron chi connectivity index (χ3n) is 4.68. The van der Waals surface area contributed by atoms with Gasteiger partial charge in [0.25, 0.3) is 0 Å². The number of methoxy groups -OCH3 is 5. The number of rotatable bonds is 10. The third-order valence-corrected chi connectivity index (χ3v) is 4.68. The molecule has 10 nitrogen and oxygen atoms in total. The zero-order valence-corrected chi connectivity index (χ0v) is 19.5. The summed E-state index contributed by atoms with van der Waals surface area (Å²) in [6.07, 6.45) is 0.0153. The summed E-state index contributed by atoms with van der Waals surface area (Å²) in [4.78, 5) is 21.6. The minimum atomic E-state index is -0.928. The van der Waals surface area contributed by atoms with Crippen molar-refractivity contribution >= 4 is 11.9 Å². The van der Waals surface area contributed by atoms with Crippen molar-refractivity contribution in [1.82, 2.24) is 0 Å². The summed E-state index contributed by atoms with van der Waals surface area (Å²) in [5.74, 6) is 1.08. The molecule has 2 aromatic rings. The fraction of sp³-hybridized carbons (Fsp3) is 0.391. The smallest absolute Gasteiger partial charge is 0.307 e. The molecule has 0 spiro atoms. The Labute approximate surface area is 193 Å². The Morgan fingerprint density at radius 2 is 1.12 bits per heavy atom. The normalized spacial score (nSPS) is 11.8. The van der Waals surface area contributed by atoms with Crippen LogP contribution in [-0.2, 0) is 14.3 Å². The number of aliphatic carboxylic acids is 1. The number of nitrogens with two attached hydrogens (primary N) is 2. The monoisotopic (exact) mass is 464 g/mol. The van der Waals surface area contributed by atoms with E-state index in [1.165, 1.54) is 21.3 Å². The first kappa shape index (κ1) is 27.5. The van der Waals surface area contributed by atoms with Gasteiger partial charge in [-0.15, -0.1) is 0 Å². The Kier molecular flexibility index (Phi) is 11.5. The quantitative estimate of drug-likeness (QED) is 0.447. The van der Waals surface area contributed by atoms with Crippen molar-refractivity contribution in [2.45, 2.75) is 24.9 Å². The van der Waals surface area contributed by atoms with E-state index in [1.54, 1.807) is 50.6 Å². The molecule has 0 heterocycles. The first-order valence-corrected chi connectivity index (χ1v) is 9.94. The average molecular weight is 465 g/mol. The summed E-state index contributed by atoms with van der Waals surface area (Å²) in [5.41, 5.74) is 13.1. The van der Waals surface area contributed by atoms with E-state index in [-0.39, 0.29) is 18.8 Å². The van der Waals surface area contributed by atoms with Crippen molar-refractivity contribution in [3.05, 3.63) is 47.5 Å². The Morgan fingerprint density at radius 1 is 0.727 bits per heavy atom. The lowest BCUT2D eigenvalue weighted by atomic mass is 10.0. The van der Waals surface area contributed by atoms with Gasteiger partial charge in [0.2, 0.25) is 0 Å². The van der Waals surface area contributed by atoms with Gasteiger partial charge in [-0.05, 0) is 35.4 Å². The van der Waals surface area contributed by atoms with Gasteiger partial charge >= 0.3 is 11.9 Å². The van der Waals surface area contributed by atoms with E-state index < -0.39 is 18.1 Å². The highest BCUT2D eigenvalue weighted by atomic mass is 16.5. The number of carboxylic acid groups (broad SMARTS) is 1. The molecule has 2 rings (SSSR count). The predicted octanol–water partition coefficient (Wildman–Crippen LogP) is 2.45. The second-order valence-electron chi connectivity index (χ2n) is 6.82. The van der Waals surface area contributed by atoms with E-state index in [1.807, 2.05) is 0 Å². The van der Waals surface area contributed by atoms with E-state index in [0.29, 0.717) is 28.6 Å². The van der Waals surface area contributed by atoms with E-state index in [4.69, 9.17) is 35.5 Å². The molecule has 0 amide bonds. The lowest BCUT2D eigenvalue weighted by Crippen LogP contribution is -2.16. The van der Waals surface area contributed by atoms with Crippen LogP contribution in [0.4, 0.5) is 0 Å². The fourth-order valence-corrected chi connectivity index (χ4v) is 2.85. The van der Waals surface area contributed by atoms with Gasteiger partial charge < -0.3 is 40.3 Å². The van der Waals surface area contributed by atoms with Crippen LogP contribution < -0.4 is 30.4 Å². The van der Waals surface area contributed by atoms with Crippen molar-refractivity contribution in [3.63, 3.8) is 0 Å². The van der Waals surface area contributed by atoms with E-state index >= 15 is 0 Å². The highest BCUT2D eigenvalue weighted by molar-refractivity contribution is 5.70. The molecule has 0 radical (unpaired) electrons. The van der Waals surface area contributed by atoms with Crippen molar-refractivity contribution in [3.8, 4) is 23.0 Å². The molecule has 33 heavy (non-hydrogen) atoms. The summed E-state index contributed by atoms with van der Waals surface area (Å²) in [6, 6.07) is 9.48. The summed E-state index contributed by atoms with van der Waals surface area (Å²) in [6.45, 7) is 0. The number of carbonyl (C=O) groups is 2. The molecular weight excluding hydrogens is 432 g/mol. The van der Waals surface area contributed by atoms with Crippen molar-refractivity contribution in [1.29, 1.82) is 0 Å². The van der Waals surface area contributed by atoms with Crippen molar-refractivity contribution < 1.29 is 38.4 Å². The Morgan fingerprint density at radius 3 is 1.45 bits per heavy atom. The van der Waals surface area contributed by atoms with Crippen LogP contribution in [0.5, 0.6) is 23.0 Å². The van der Waals surface area contributed by atoms with Crippen LogP contribution in [-0.4, -0.2) is 52.6 Å². The van der Waals surface area contributed by atoms with Crippen molar-refractivity contribution in [2.75, 3.05) is 35.5 Å². The van der Waals surface area contributed by atoms with Gasteiger partial charge in [0.1, 0.15) is 0 Å². The molecule has 2 atom stereocenters. The van der Waals surface area contributed by atoms with Gasteiger partial charge in [-0.2, -0.15) is 0 Å². The Balaban J connectivity index is 0.000000331. The molecule has 0 fully saturated rings. The van der Waals surface area contributed by atoms with Crippen molar-refractivity contribution in [2.24, 2.45) is 11.5 Å². The lowest BCUT2D eigenvalue weighted by Gasteiger charge is -2.13.